The van der Waals surface area contributed by atoms with E-state index in [0.29, 0.717) is 6.42 Å². The fourth-order valence-electron chi connectivity index (χ4n) is 2.42. The van der Waals surface area contributed by atoms with Gasteiger partial charge in [0.25, 0.3) is 0 Å². The maximum Gasteiger partial charge on any atom is 0.391 e. The van der Waals surface area contributed by atoms with E-state index >= 15 is 0 Å². The molecule has 2 N–H and O–H groups in total. The van der Waals surface area contributed by atoms with Crippen molar-refractivity contribution in [3.8, 4) is 0 Å². The van der Waals surface area contributed by atoms with Gasteiger partial charge in [-0.3, -0.25) is 4.79 Å². The molecule has 0 bridgehead atoms. The monoisotopic (exact) mass is 281 g/mol. The van der Waals surface area contributed by atoms with Gasteiger partial charge in [0.2, 0.25) is 5.91 Å². The van der Waals surface area contributed by atoms with Crippen molar-refractivity contribution in [1.82, 2.24) is 5.32 Å². The van der Waals surface area contributed by atoms with Gasteiger partial charge in [0.05, 0.1) is 6.42 Å². The van der Waals surface area contributed by atoms with Gasteiger partial charge in [-0.1, -0.05) is 19.8 Å². The van der Waals surface area contributed by atoms with Crippen LogP contribution in [0.3, 0.4) is 0 Å². The minimum atomic E-state index is -4.62. The molecule has 0 spiro atoms. The number of carbonyl (C=O) groups excluding carboxylic acids is 1. The summed E-state index contributed by atoms with van der Waals surface area (Å²) >= 11 is 0. The Morgan fingerprint density at radius 1 is 1.32 bits per heavy atom. The van der Waals surface area contributed by atoms with Gasteiger partial charge in [0.15, 0.2) is 0 Å². The lowest BCUT2D eigenvalue weighted by molar-refractivity contribution is -0.160. The fourth-order valence-corrected chi connectivity index (χ4v) is 2.42. The number of carboxylic acid groups (broad SMARTS) is 1. The molecule has 3 atom stereocenters. The second kappa shape index (κ2) is 6.25. The summed E-state index contributed by atoms with van der Waals surface area (Å²) in [5, 5.41) is 10.7. The third-order valence-corrected chi connectivity index (χ3v) is 3.50. The van der Waals surface area contributed by atoms with Crippen LogP contribution in [0.25, 0.3) is 0 Å². The smallest absolute Gasteiger partial charge is 0.391 e. The summed E-state index contributed by atoms with van der Waals surface area (Å²) in [6.45, 7) is 1.86. The summed E-state index contributed by atoms with van der Waals surface area (Å²) in [4.78, 5) is 22.6. The van der Waals surface area contributed by atoms with Crippen LogP contribution >= 0.6 is 0 Å². The summed E-state index contributed by atoms with van der Waals surface area (Å²) in [7, 11) is 0. The molecule has 4 nitrogen and oxygen atoms in total. The number of halogens is 3. The Labute approximate surface area is 109 Å². The van der Waals surface area contributed by atoms with Gasteiger partial charge < -0.3 is 10.4 Å². The molecule has 1 aliphatic rings. The van der Waals surface area contributed by atoms with E-state index in [1.807, 2.05) is 12.2 Å². The molecule has 1 fully saturated rings. The molecule has 0 saturated heterocycles. The highest BCUT2D eigenvalue weighted by molar-refractivity contribution is 5.85. The number of amides is 1. The molecular formula is C12H18F3NO3. The number of carboxylic acids is 1. The van der Waals surface area contributed by atoms with E-state index in [1.165, 1.54) is 0 Å². The van der Waals surface area contributed by atoms with Crippen LogP contribution in [0.4, 0.5) is 13.2 Å². The molecule has 0 aromatic carbocycles. The van der Waals surface area contributed by atoms with E-state index in [4.69, 9.17) is 5.11 Å². The number of hydrogen-bond donors (Lipinski definition) is 2. The molecule has 1 amide bonds. The predicted octanol–water partition coefficient (Wildman–Crippen LogP) is 2.33. The topological polar surface area (TPSA) is 66.4 Å². The molecule has 0 heterocycles. The number of hydrogen-bond acceptors (Lipinski definition) is 2. The average molecular weight is 281 g/mol. The summed E-state index contributed by atoms with van der Waals surface area (Å²) in [5.74, 6) is -2.55. The van der Waals surface area contributed by atoms with Gasteiger partial charge in [0, 0.05) is 5.92 Å². The Morgan fingerprint density at radius 3 is 2.37 bits per heavy atom. The number of alkyl halides is 3. The van der Waals surface area contributed by atoms with Crippen LogP contribution in [0.15, 0.2) is 0 Å². The average Bonchev–Trinajstić information content (AvgIpc) is 2.26. The largest absolute Gasteiger partial charge is 0.480 e. The zero-order chi connectivity index (χ0) is 14.6. The molecule has 0 aromatic rings. The van der Waals surface area contributed by atoms with Crippen LogP contribution in [-0.2, 0) is 9.59 Å². The summed E-state index contributed by atoms with van der Waals surface area (Å²) in [5.41, 5.74) is 0. The van der Waals surface area contributed by atoms with Crippen molar-refractivity contribution in [3.05, 3.63) is 0 Å². The molecule has 19 heavy (non-hydrogen) atoms. The van der Waals surface area contributed by atoms with Crippen molar-refractivity contribution in [2.75, 3.05) is 0 Å². The van der Waals surface area contributed by atoms with E-state index in [1.54, 1.807) is 0 Å². The first-order chi connectivity index (χ1) is 8.70. The van der Waals surface area contributed by atoms with Crippen LogP contribution in [0.5, 0.6) is 0 Å². The number of rotatable bonds is 4. The van der Waals surface area contributed by atoms with Gasteiger partial charge >= 0.3 is 12.1 Å². The van der Waals surface area contributed by atoms with Crippen molar-refractivity contribution in [2.24, 2.45) is 11.8 Å². The Kier molecular flexibility index (Phi) is 5.20. The Balaban J connectivity index is 2.63. The first-order valence-corrected chi connectivity index (χ1v) is 6.30. The van der Waals surface area contributed by atoms with Gasteiger partial charge in [-0.15, -0.1) is 0 Å². The standard InChI is InChI=1S/C12H18F3NO3/c1-7-4-2-3-5-8(7)10(17)16-9(11(18)19)6-12(13,14)15/h7-9H,2-6H2,1H3,(H,16,17)(H,18,19). The van der Waals surface area contributed by atoms with Crippen LogP contribution in [-0.4, -0.2) is 29.2 Å². The summed E-state index contributed by atoms with van der Waals surface area (Å²) < 4.78 is 36.7. The van der Waals surface area contributed by atoms with Gasteiger partial charge in [0.1, 0.15) is 6.04 Å². The Hall–Kier alpha value is -1.27. The van der Waals surface area contributed by atoms with E-state index in [0.717, 1.165) is 19.3 Å². The highest BCUT2D eigenvalue weighted by atomic mass is 19.4. The van der Waals surface area contributed by atoms with E-state index in [2.05, 4.69) is 0 Å². The molecule has 0 aromatic heterocycles. The van der Waals surface area contributed by atoms with Crippen LogP contribution < -0.4 is 5.32 Å². The minimum Gasteiger partial charge on any atom is -0.480 e. The van der Waals surface area contributed by atoms with Gasteiger partial charge in [-0.2, -0.15) is 13.2 Å². The number of nitrogens with one attached hydrogen (secondary N) is 1. The maximum absolute atomic E-state index is 12.2. The summed E-state index contributed by atoms with van der Waals surface area (Å²) in [6.07, 6.45) is -2.88. The van der Waals surface area contributed by atoms with Crippen molar-refractivity contribution in [2.45, 2.75) is 51.2 Å². The fraction of sp³-hybridized carbons (Fsp3) is 0.833. The first-order valence-electron chi connectivity index (χ1n) is 6.30. The SMILES string of the molecule is CC1CCCCC1C(=O)NC(CC(F)(F)F)C(=O)O. The molecule has 1 rings (SSSR count). The van der Waals surface area contributed by atoms with Crippen LogP contribution in [0.1, 0.15) is 39.0 Å². The van der Waals surface area contributed by atoms with Crippen molar-refractivity contribution in [1.29, 1.82) is 0 Å². The van der Waals surface area contributed by atoms with Gasteiger partial charge in [-0.25, -0.2) is 4.79 Å². The highest BCUT2D eigenvalue weighted by Crippen LogP contribution is 2.30. The molecule has 3 unspecified atom stereocenters. The second-order valence-electron chi connectivity index (χ2n) is 5.09. The Morgan fingerprint density at radius 2 is 1.89 bits per heavy atom. The second-order valence-corrected chi connectivity index (χ2v) is 5.09. The molecule has 110 valence electrons. The normalized spacial score (nSPS) is 25.7. The maximum atomic E-state index is 12.2. The predicted molar refractivity (Wildman–Crippen MR) is 61.4 cm³/mol. The summed E-state index contributed by atoms with van der Waals surface area (Å²) in [6, 6.07) is -1.90. The lowest BCUT2D eigenvalue weighted by atomic mass is 9.80. The lowest BCUT2D eigenvalue weighted by Crippen LogP contribution is -2.47. The number of carbonyl (C=O) groups is 2. The quantitative estimate of drug-likeness (QED) is 0.831. The van der Waals surface area contributed by atoms with E-state index in [-0.39, 0.29) is 11.8 Å². The van der Waals surface area contributed by atoms with Crippen LogP contribution in [0, 0.1) is 11.8 Å². The first kappa shape index (κ1) is 15.8. The zero-order valence-corrected chi connectivity index (χ0v) is 10.7. The third kappa shape index (κ3) is 5.08. The van der Waals surface area contributed by atoms with Crippen molar-refractivity contribution >= 4 is 11.9 Å². The van der Waals surface area contributed by atoms with E-state index in [9.17, 15) is 22.8 Å². The molecular weight excluding hydrogens is 263 g/mol. The molecule has 0 radical (unpaired) electrons. The molecule has 1 aliphatic carbocycles. The van der Waals surface area contributed by atoms with E-state index < -0.39 is 30.5 Å². The third-order valence-electron chi connectivity index (χ3n) is 3.50. The number of aliphatic carboxylic acids is 1. The molecule has 0 aliphatic heterocycles. The molecule has 1 saturated carbocycles. The zero-order valence-electron chi connectivity index (χ0n) is 10.7. The van der Waals surface area contributed by atoms with Crippen molar-refractivity contribution < 1.29 is 27.9 Å². The Bertz CT molecular complexity index is 344. The lowest BCUT2D eigenvalue weighted by Gasteiger charge is -2.29. The van der Waals surface area contributed by atoms with Gasteiger partial charge in [-0.05, 0) is 18.8 Å². The highest BCUT2D eigenvalue weighted by Gasteiger charge is 2.38. The molecule has 7 heteroatoms. The van der Waals surface area contributed by atoms with Crippen molar-refractivity contribution in [3.63, 3.8) is 0 Å². The minimum absolute atomic E-state index is 0.0779. The van der Waals surface area contributed by atoms with Crippen LogP contribution in [0.2, 0.25) is 0 Å².